The Morgan fingerprint density at radius 1 is 1.24 bits per heavy atom. The fraction of sp³-hybridized carbons (Fsp3) is 0.579. The molecule has 1 unspecified atom stereocenters. The maximum Gasteiger partial charge on any atom is 0.231 e. The predicted octanol–water partition coefficient (Wildman–Crippen LogP) is 0.997. The quantitative estimate of drug-likeness (QED) is 0.772. The second kappa shape index (κ2) is 8.85. The van der Waals surface area contributed by atoms with Crippen LogP contribution < -0.4 is 16.0 Å². The van der Waals surface area contributed by atoms with Crippen LogP contribution >= 0.6 is 0 Å². The number of hydrogen-bond donors (Lipinski definition) is 2. The zero-order valence-corrected chi connectivity index (χ0v) is 15.5. The van der Waals surface area contributed by atoms with Crippen molar-refractivity contribution in [3.8, 4) is 0 Å². The third-order valence-corrected chi connectivity index (χ3v) is 4.72. The number of hydrogen-bond acceptors (Lipinski definition) is 4. The molecular weight excluding hydrogens is 316 g/mol. The molecule has 25 heavy (non-hydrogen) atoms. The third-order valence-electron chi connectivity index (χ3n) is 4.72. The molecule has 0 bridgehead atoms. The van der Waals surface area contributed by atoms with Crippen LogP contribution in [0.4, 0.5) is 5.69 Å². The van der Waals surface area contributed by atoms with Crippen LogP contribution in [0.15, 0.2) is 24.3 Å². The lowest BCUT2D eigenvalue weighted by molar-refractivity contribution is -0.127. The van der Waals surface area contributed by atoms with E-state index in [2.05, 4.69) is 34.5 Å². The van der Waals surface area contributed by atoms with E-state index >= 15 is 0 Å². The first-order valence-electron chi connectivity index (χ1n) is 8.92. The Balaban J connectivity index is 1.77. The molecule has 0 aromatic heterocycles. The monoisotopic (exact) mass is 346 g/mol. The number of anilines is 1. The maximum atomic E-state index is 12.4. The van der Waals surface area contributed by atoms with E-state index in [1.807, 2.05) is 25.9 Å². The predicted molar refractivity (Wildman–Crippen MR) is 100 cm³/mol. The molecule has 1 aliphatic rings. The number of amides is 2. The molecule has 2 amide bonds. The summed E-state index contributed by atoms with van der Waals surface area (Å²) >= 11 is 0. The summed E-state index contributed by atoms with van der Waals surface area (Å²) in [4.78, 5) is 27.5. The normalized spacial score (nSPS) is 17.1. The van der Waals surface area contributed by atoms with Crippen molar-refractivity contribution in [1.29, 1.82) is 0 Å². The van der Waals surface area contributed by atoms with Crippen molar-refractivity contribution in [3.05, 3.63) is 29.8 Å². The highest BCUT2D eigenvalue weighted by Crippen LogP contribution is 2.18. The van der Waals surface area contributed by atoms with Crippen LogP contribution in [0, 0.1) is 5.92 Å². The van der Waals surface area contributed by atoms with Crippen molar-refractivity contribution in [1.82, 2.24) is 10.2 Å². The van der Waals surface area contributed by atoms with Gasteiger partial charge in [0.05, 0.1) is 6.54 Å². The van der Waals surface area contributed by atoms with Crippen LogP contribution in [0.1, 0.15) is 25.3 Å². The summed E-state index contributed by atoms with van der Waals surface area (Å²) < 4.78 is 0. The molecule has 1 fully saturated rings. The molecule has 1 atom stereocenters. The van der Waals surface area contributed by atoms with Gasteiger partial charge in [0.15, 0.2) is 0 Å². The number of primary amides is 1. The molecule has 6 heteroatoms. The SMILES string of the molecule is CC(Cc1ccc(N(C)C)cc1)NC(=O)C1CCN(CC(N)=O)CC1. The Morgan fingerprint density at radius 3 is 2.36 bits per heavy atom. The molecule has 1 aromatic carbocycles. The summed E-state index contributed by atoms with van der Waals surface area (Å²) in [7, 11) is 4.04. The van der Waals surface area contributed by atoms with Gasteiger partial charge >= 0.3 is 0 Å². The van der Waals surface area contributed by atoms with Crippen molar-refractivity contribution in [2.24, 2.45) is 11.7 Å². The highest BCUT2D eigenvalue weighted by Gasteiger charge is 2.26. The molecule has 0 aliphatic carbocycles. The van der Waals surface area contributed by atoms with Crippen molar-refractivity contribution < 1.29 is 9.59 Å². The van der Waals surface area contributed by atoms with Gasteiger partial charge in [-0.3, -0.25) is 14.5 Å². The second-order valence-electron chi connectivity index (χ2n) is 7.19. The molecule has 1 aliphatic heterocycles. The summed E-state index contributed by atoms with van der Waals surface area (Å²) in [5.74, 6) is -0.157. The maximum absolute atomic E-state index is 12.4. The number of rotatable bonds is 7. The lowest BCUT2D eigenvalue weighted by Crippen LogP contribution is -2.45. The second-order valence-corrected chi connectivity index (χ2v) is 7.19. The van der Waals surface area contributed by atoms with E-state index in [0.29, 0.717) is 0 Å². The highest BCUT2D eigenvalue weighted by molar-refractivity contribution is 5.79. The Morgan fingerprint density at radius 2 is 1.84 bits per heavy atom. The molecule has 6 nitrogen and oxygen atoms in total. The molecule has 0 radical (unpaired) electrons. The fourth-order valence-electron chi connectivity index (χ4n) is 3.27. The minimum Gasteiger partial charge on any atom is -0.378 e. The fourth-order valence-corrected chi connectivity index (χ4v) is 3.27. The van der Waals surface area contributed by atoms with E-state index in [-0.39, 0.29) is 30.3 Å². The Labute approximate surface area is 150 Å². The van der Waals surface area contributed by atoms with Gasteiger partial charge in [0.25, 0.3) is 0 Å². The zero-order chi connectivity index (χ0) is 18.4. The molecular formula is C19H30N4O2. The van der Waals surface area contributed by atoms with Crippen LogP contribution in [-0.4, -0.2) is 56.5 Å². The van der Waals surface area contributed by atoms with Gasteiger partial charge in [0, 0.05) is 31.7 Å². The molecule has 3 N–H and O–H groups in total. The third kappa shape index (κ3) is 6.05. The van der Waals surface area contributed by atoms with Crippen LogP contribution in [0.5, 0.6) is 0 Å². The minimum atomic E-state index is -0.309. The largest absolute Gasteiger partial charge is 0.378 e. The van der Waals surface area contributed by atoms with E-state index in [1.165, 1.54) is 11.3 Å². The number of piperidine rings is 1. The average Bonchev–Trinajstić information content (AvgIpc) is 2.55. The molecule has 1 aromatic rings. The molecule has 1 heterocycles. The van der Waals surface area contributed by atoms with E-state index in [1.54, 1.807) is 0 Å². The van der Waals surface area contributed by atoms with Gasteiger partial charge in [-0.1, -0.05) is 12.1 Å². The summed E-state index contributed by atoms with van der Waals surface area (Å²) in [6, 6.07) is 8.51. The minimum absolute atomic E-state index is 0.0303. The topological polar surface area (TPSA) is 78.7 Å². The number of nitrogens with one attached hydrogen (secondary N) is 1. The van der Waals surface area contributed by atoms with Gasteiger partial charge < -0.3 is 16.0 Å². The van der Waals surface area contributed by atoms with Crippen molar-refractivity contribution in [3.63, 3.8) is 0 Å². The lowest BCUT2D eigenvalue weighted by Gasteiger charge is -2.31. The standard InChI is InChI=1S/C19H30N4O2/c1-14(12-15-4-6-17(7-5-15)22(2)3)21-19(25)16-8-10-23(11-9-16)13-18(20)24/h4-7,14,16H,8-13H2,1-3H3,(H2,20,24)(H,21,25). The summed E-state index contributed by atoms with van der Waals surface area (Å²) in [5.41, 5.74) is 7.61. The number of carbonyl (C=O) groups is 2. The highest BCUT2D eigenvalue weighted by atomic mass is 16.2. The molecule has 2 rings (SSSR count). The average molecular weight is 346 g/mol. The number of likely N-dealkylation sites (tertiary alicyclic amines) is 1. The van der Waals surface area contributed by atoms with Gasteiger partial charge in [0.1, 0.15) is 0 Å². The van der Waals surface area contributed by atoms with Gasteiger partial charge in [0.2, 0.25) is 11.8 Å². The van der Waals surface area contributed by atoms with Crippen LogP contribution in [-0.2, 0) is 16.0 Å². The van der Waals surface area contributed by atoms with E-state index in [9.17, 15) is 9.59 Å². The van der Waals surface area contributed by atoms with Crippen molar-refractivity contribution >= 4 is 17.5 Å². The van der Waals surface area contributed by atoms with E-state index in [0.717, 1.165) is 32.4 Å². The van der Waals surface area contributed by atoms with E-state index < -0.39 is 0 Å². The first-order chi connectivity index (χ1) is 11.8. The Bertz CT molecular complexity index is 578. The van der Waals surface area contributed by atoms with Crippen LogP contribution in [0.2, 0.25) is 0 Å². The number of carbonyl (C=O) groups excluding carboxylic acids is 2. The number of nitrogens with two attached hydrogens (primary N) is 1. The number of nitrogens with zero attached hydrogens (tertiary/aromatic N) is 2. The summed E-state index contributed by atoms with van der Waals surface area (Å²) in [5, 5.41) is 3.13. The van der Waals surface area contributed by atoms with E-state index in [4.69, 9.17) is 5.73 Å². The molecule has 0 spiro atoms. The summed E-state index contributed by atoms with van der Waals surface area (Å²) in [6.07, 6.45) is 2.38. The van der Waals surface area contributed by atoms with Gasteiger partial charge in [-0.2, -0.15) is 0 Å². The first kappa shape index (κ1) is 19.2. The first-order valence-corrected chi connectivity index (χ1v) is 8.92. The van der Waals surface area contributed by atoms with Crippen LogP contribution in [0.25, 0.3) is 0 Å². The van der Waals surface area contributed by atoms with Crippen LogP contribution in [0.3, 0.4) is 0 Å². The summed E-state index contributed by atoms with van der Waals surface area (Å²) in [6.45, 7) is 3.83. The lowest BCUT2D eigenvalue weighted by atomic mass is 9.95. The molecule has 138 valence electrons. The van der Waals surface area contributed by atoms with Crippen molar-refractivity contribution in [2.75, 3.05) is 38.6 Å². The Hall–Kier alpha value is -2.08. The van der Waals surface area contributed by atoms with Gasteiger partial charge in [-0.25, -0.2) is 0 Å². The molecule has 1 saturated heterocycles. The molecule has 0 saturated carbocycles. The smallest absolute Gasteiger partial charge is 0.231 e. The van der Waals surface area contributed by atoms with Gasteiger partial charge in [-0.15, -0.1) is 0 Å². The Kier molecular flexibility index (Phi) is 6.82. The van der Waals surface area contributed by atoms with Crippen molar-refractivity contribution in [2.45, 2.75) is 32.2 Å². The zero-order valence-electron chi connectivity index (χ0n) is 15.5. The van der Waals surface area contributed by atoms with Gasteiger partial charge in [-0.05, 0) is 57.0 Å². The number of benzene rings is 1.